The first kappa shape index (κ1) is 24.9. The highest BCUT2D eigenvalue weighted by atomic mass is 32.1. The van der Waals surface area contributed by atoms with E-state index in [1.165, 1.54) is 34.4 Å². The van der Waals surface area contributed by atoms with Gasteiger partial charge in [0.25, 0.3) is 11.8 Å². The summed E-state index contributed by atoms with van der Waals surface area (Å²) in [5, 5.41) is 5.20. The highest BCUT2D eigenvalue weighted by molar-refractivity contribution is 7.10. The van der Waals surface area contributed by atoms with Gasteiger partial charge in [0.05, 0.1) is 27.2 Å². The maximum atomic E-state index is 13.3. The number of aromatic amines is 1. The number of nitrogens with zero attached hydrogens (tertiary/aromatic N) is 3. The third-order valence-electron chi connectivity index (χ3n) is 6.68. The Hall–Kier alpha value is -3.73. The lowest BCUT2D eigenvalue weighted by Crippen LogP contribution is -2.38. The normalized spacial score (nSPS) is 14.8. The molecule has 1 aliphatic heterocycles. The number of imidazole rings is 1. The van der Waals surface area contributed by atoms with E-state index in [1.54, 1.807) is 5.38 Å². The molecule has 5 rings (SSSR count). The van der Waals surface area contributed by atoms with Crippen LogP contribution in [0.5, 0.6) is 0 Å². The Morgan fingerprint density at radius 1 is 1.08 bits per heavy atom. The smallest absolute Gasteiger partial charge is 0.339 e. The number of aromatic nitrogens is 3. The average Bonchev–Trinajstić information content (AvgIpc) is 3.51. The van der Waals surface area contributed by atoms with Crippen LogP contribution in [-0.4, -0.2) is 44.8 Å². The second-order valence-electron chi connectivity index (χ2n) is 9.17. The third kappa shape index (κ3) is 5.08. The molecule has 2 N–H and O–H groups in total. The van der Waals surface area contributed by atoms with Crippen molar-refractivity contribution >= 4 is 40.1 Å². The number of H-pyrrole nitrogens is 1. The van der Waals surface area contributed by atoms with Gasteiger partial charge in [-0.2, -0.15) is 13.2 Å². The van der Waals surface area contributed by atoms with Crippen molar-refractivity contribution in [2.24, 2.45) is 0 Å². The van der Waals surface area contributed by atoms with E-state index in [2.05, 4.69) is 20.3 Å². The van der Waals surface area contributed by atoms with Gasteiger partial charge in [0.15, 0.2) is 0 Å². The largest absolute Gasteiger partial charge is 0.417 e. The Labute approximate surface area is 214 Å². The van der Waals surface area contributed by atoms with E-state index in [0.717, 1.165) is 33.2 Å². The van der Waals surface area contributed by atoms with Crippen LogP contribution >= 0.6 is 11.3 Å². The van der Waals surface area contributed by atoms with Gasteiger partial charge in [-0.3, -0.25) is 14.9 Å². The first-order valence-corrected chi connectivity index (χ1v) is 12.7. The summed E-state index contributed by atoms with van der Waals surface area (Å²) in [6.07, 6.45) is -3.49. The molecule has 0 bridgehead atoms. The summed E-state index contributed by atoms with van der Waals surface area (Å²) in [4.78, 5) is 39.1. The number of benzene rings is 2. The summed E-state index contributed by atoms with van der Waals surface area (Å²) < 4.78 is 40.0. The van der Waals surface area contributed by atoms with E-state index >= 15 is 0 Å². The Bertz CT molecular complexity index is 1450. The van der Waals surface area contributed by atoms with Gasteiger partial charge in [-0.15, -0.1) is 11.3 Å². The number of hydrogen-bond donors (Lipinski definition) is 2. The fourth-order valence-electron chi connectivity index (χ4n) is 4.50. The zero-order valence-corrected chi connectivity index (χ0v) is 21.0. The lowest BCUT2D eigenvalue weighted by molar-refractivity contribution is -0.138. The number of likely N-dealkylation sites (tertiary alicyclic amines) is 1. The van der Waals surface area contributed by atoms with Crippen molar-refractivity contribution in [3.63, 3.8) is 0 Å². The number of alkyl halides is 3. The van der Waals surface area contributed by atoms with Crippen LogP contribution in [0.2, 0.25) is 0 Å². The number of fused-ring (bicyclic) bond motifs is 1. The van der Waals surface area contributed by atoms with Gasteiger partial charge < -0.3 is 9.88 Å². The monoisotopic (exact) mass is 527 g/mol. The van der Waals surface area contributed by atoms with Crippen molar-refractivity contribution in [1.82, 2.24) is 19.9 Å². The lowest BCUT2D eigenvalue weighted by Gasteiger charge is -2.31. The summed E-state index contributed by atoms with van der Waals surface area (Å²) in [6, 6.07) is 8.79. The van der Waals surface area contributed by atoms with E-state index in [9.17, 15) is 22.8 Å². The fraction of sp³-hybridized carbons (Fsp3) is 0.308. The Balaban J connectivity index is 1.22. The summed E-state index contributed by atoms with van der Waals surface area (Å²) >= 11 is 1.36. The maximum absolute atomic E-state index is 13.3. The minimum atomic E-state index is -4.59. The number of piperidine rings is 1. The minimum absolute atomic E-state index is 0.0191. The number of hydrogen-bond acceptors (Lipinski definition) is 5. The minimum Gasteiger partial charge on any atom is -0.339 e. The quantitative estimate of drug-likeness (QED) is 0.344. The average molecular weight is 528 g/mol. The number of amides is 2. The number of aryl methyl sites for hydroxylation is 2. The summed E-state index contributed by atoms with van der Waals surface area (Å²) in [5.41, 5.74) is 2.83. The third-order valence-corrected chi connectivity index (χ3v) is 7.69. The van der Waals surface area contributed by atoms with Crippen molar-refractivity contribution in [1.29, 1.82) is 0 Å². The van der Waals surface area contributed by atoms with Crippen molar-refractivity contribution in [2.75, 3.05) is 18.4 Å². The molecule has 0 radical (unpaired) electrons. The molecule has 1 aliphatic rings. The molecule has 3 heterocycles. The summed E-state index contributed by atoms with van der Waals surface area (Å²) in [5.74, 6) is -0.649. The van der Waals surface area contributed by atoms with E-state index < -0.39 is 17.6 Å². The lowest BCUT2D eigenvalue weighted by atomic mass is 9.96. The van der Waals surface area contributed by atoms with E-state index in [0.29, 0.717) is 31.9 Å². The number of halogens is 3. The molecule has 2 aromatic carbocycles. The Kier molecular flexibility index (Phi) is 6.49. The van der Waals surface area contributed by atoms with Crippen LogP contribution in [0.1, 0.15) is 61.3 Å². The number of carbonyl (C=O) groups excluding carboxylic acids is 2. The SMILES string of the molecule is Cc1cc2nc(NC(=O)c3csc(C4CCN(C(=O)c5ccccc5C(F)(F)F)CC4)n3)[nH]c2cc1C. The highest BCUT2D eigenvalue weighted by Crippen LogP contribution is 2.34. The van der Waals surface area contributed by atoms with Gasteiger partial charge in [0, 0.05) is 24.4 Å². The van der Waals surface area contributed by atoms with Crippen LogP contribution in [-0.2, 0) is 6.18 Å². The van der Waals surface area contributed by atoms with Crippen LogP contribution in [0.4, 0.5) is 19.1 Å². The number of anilines is 1. The van der Waals surface area contributed by atoms with Crippen LogP contribution in [0, 0.1) is 13.8 Å². The van der Waals surface area contributed by atoms with Gasteiger partial charge >= 0.3 is 6.18 Å². The first-order valence-electron chi connectivity index (χ1n) is 11.8. The molecule has 11 heteroatoms. The van der Waals surface area contributed by atoms with Gasteiger partial charge in [-0.1, -0.05) is 12.1 Å². The molecule has 4 aromatic rings. The topological polar surface area (TPSA) is 91.0 Å². The van der Waals surface area contributed by atoms with E-state index in [1.807, 2.05) is 26.0 Å². The van der Waals surface area contributed by atoms with Gasteiger partial charge in [0.2, 0.25) is 5.95 Å². The van der Waals surface area contributed by atoms with Crippen LogP contribution < -0.4 is 5.32 Å². The molecular formula is C26H24F3N5O2S. The molecular weight excluding hydrogens is 503 g/mol. The maximum Gasteiger partial charge on any atom is 0.417 e. The predicted octanol–water partition coefficient (Wildman–Crippen LogP) is 5.93. The summed E-state index contributed by atoms with van der Waals surface area (Å²) in [6.45, 7) is 4.64. The van der Waals surface area contributed by atoms with E-state index in [-0.39, 0.29) is 23.1 Å². The van der Waals surface area contributed by atoms with E-state index in [4.69, 9.17) is 0 Å². The molecule has 2 amide bonds. The number of carbonyl (C=O) groups is 2. The first-order chi connectivity index (χ1) is 17.6. The zero-order chi connectivity index (χ0) is 26.3. The summed E-state index contributed by atoms with van der Waals surface area (Å²) in [7, 11) is 0. The molecule has 1 fully saturated rings. The molecule has 7 nitrogen and oxygen atoms in total. The van der Waals surface area contributed by atoms with Crippen LogP contribution in [0.15, 0.2) is 41.8 Å². The van der Waals surface area contributed by atoms with Crippen molar-refractivity contribution in [3.05, 3.63) is 74.7 Å². The van der Waals surface area contributed by atoms with Gasteiger partial charge in [-0.05, 0) is 62.1 Å². The van der Waals surface area contributed by atoms with Gasteiger partial charge in [-0.25, -0.2) is 9.97 Å². The van der Waals surface area contributed by atoms with Crippen molar-refractivity contribution < 1.29 is 22.8 Å². The molecule has 0 atom stereocenters. The van der Waals surface area contributed by atoms with Crippen molar-refractivity contribution in [2.45, 2.75) is 38.8 Å². The standard InChI is InChI=1S/C26H24F3N5O2S/c1-14-11-19-20(12-15(14)2)32-25(31-19)33-22(35)21-13-37-23(30-21)16-7-9-34(10-8-16)24(36)17-5-3-4-6-18(17)26(27,28)29/h3-6,11-13,16H,7-10H2,1-2H3,(H2,31,32,33,35). The number of rotatable bonds is 4. The van der Waals surface area contributed by atoms with Crippen molar-refractivity contribution in [3.8, 4) is 0 Å². The Morgan fingerprint density at radius 3 is 2.51 bits per heavy atom. The molecule has 0 spiro atoms. The predicted molar refractivity (Wildman–Crippen MR) is 135 cm³/mol. The van der Waals surface area contributed by atoms with Gasteiger partial charge in [0.1, 0.15) is 5.69 Å². The molecule has 0 aliphatic carbocycles. The fourth-order valence-corrected chi connectivity index (χ4v) is 5.47. The molecule has 2 aromatic heterocycles. The number of thiazole rings is 1. The molecule has 0 saturated carbocycles. The molecule has 37 heavy (non-hydrogen) atoms. The Morgan fingerprint density at radius 2 is 1.78 bits per heavy atom. The second kappa shape index (κ2) is 9.62. The zero-order valence-electron chi connectivity index (χ0n) is 20.1. The second-order valence-corrected chi connectivity index (χ2v) is 10.1. The molecule has 1 saturated heterocycles. The van der Waals surface area contributed by atoms with Crippen LogP contribution in [0.25, 0.3) is 11.0 Å². The molecule has 0 unspecified atom stereocenters. The number of nitrogens with one attached hydrogen (secondary N) is 2. The molecule has 192 valence electrons. The van der Waals surface area contributed by atoms with Crippen LogP contribution in [0.3, 0.4) is 0 Å². The highest BCUT2D eigenvalue weighted by Gasteiger charge is 2.36.